The molecular weight excluding hydrogens is 300 g/mol. The van der Waals surface area contributed by atoms with Crippen LogP contribution in [0.4, 0.5) is 17.6 Å². The molecular formula is C16H16F4O2. The second-order valence-corrected chi connectivity index (χ2v) is 4.92. The van der Waals surface area contributed by atoms with E-state index in [1.165, 1.54) is 6.92 Å². The highest BCUT2D eigenvalue weighted by Gasteiger charge is 2.26. The number of rotatable bonds is 4. The van der Waals surface area contributed by atoms with Gasteiger partial charge in [0.05, 0.1) is 12.2 Å². The molecule has 1 heterocycles. The first-order valence-electron chi connectivity index (χ1n) is 7.02. The van der Waals surface area contributed by atoms with E-state index in [1.54, 1.807) is 0 Å². The Morgan fingerprint density at radius 3 is 2.23 bits per heavy atom. The van der Waals surface area contributed by atoms with Gasteiger partial charge < -0.3 is 9.47 Å². The lowest BCUT2D eigenvalue weighted by atomic mass is 10.1. The molecule has 0 radical (unpaired) electrons. The fourth-order valence-corrected chi connectivity index (χ4v) is 2.20. The van der Waals surface area contributed by atoms with E-state index in [1.807, 2.05) is 0 Å². The Kier molecular flexibility index (Phi) is 5.81. The first-order chi connectivity index (χ1) is 10.6. The van der Waals surface area contributed by atoms with E-state index in [4.69, 9.17) is 9.47 Å². The molecule has 1 atom stereocenters. The third-order valence-corrected chi connectivity index (χ3v) is 3.44. The molecule has 1 fully saturated rings. The van der Waals surface area contributed by atoms with Crippen molar-refractivity contribution in [2.45, 2.75) is 45.5 Å². The number of halogens is 4. The molecule has 0 spiro atoms. The van der Waals surface area contributed by atoms with E-state index in [-0.39, 0.29) is 0 Å². The second-order valence-electron chi connectivity index (χ2n) is 4.92. The lowest BCUT2D eigenvalue weighted by Crippen LogP contribution is -2.23. The van der Waals surface area contributed by atoms with Crippen LogP contribution in [0.5, 0.6) is 0 Å². The maximum absolute atomic E-state index is 13.9. The van der Waals surface area contributed by atoms with Crippen molar-refractivity contribution in [1.29, 1.82) is 0 Å². The quantitative estimate of drug-likeness (QED) is 0.477. The zero-order valence-electron chi connectivity index (χ0n) is 12.1. The minimum absolute atomic E-state index is 0.394. The maximum Gasteiger partial charge on any atom is 0.167 e. The second kappa shape index (κ2) is 7.61. The van der Waals surface area contributed by atoms with E-state index in [2.05, 4.69) is 11.8 Å². The van der Waals surface area contributed by atoms with Crippen LogP contribution in [0.1, 0.15) is 37.3 Å². The summed E-state index contributed by atoms with van der Waals surface area (Å²) in [6.45, 7) is 1.37. The number of hydrogen-bond acceptors (Lipinski definition) is 2. The van der Waals surface area contributed by atoms with Crippen molar-refractivity contribution in [3.63, 3.8) is 0 Å². The lowest BCUT2D eigenvalue weighted by molar-refractivity contribution is -0.169. The van der Waals surface area contributed by atoms with Crippen molar-refractivity contribution >= 4 is 0 Å². The zero-order valence-corrected chi connectivity index (χ0v) is 12.1. The van der Waals surface area contributed by atoms with Gasteiger partial charge in [0.15, 0.2) is 29.6 Å². The molecule has 120 valence electrons. The van der Waals surface area contributed by atoms with Crippen LogP contribution in [0.25, 0.3) is 0 Å². The van der Waals surface area contributed by atoms with Crippen molar-refractivity contribution in [3.8, 4) is 11.8 Å². The van der Waals surface area contributed by atoms with Crippen molar-refractivity contribution in [2.24, 2.45) is 0 Å². The smallest absolute Gasteiger partial charge is 0.167 e. The summed E-state index contributed by atoms with van der Waals surface area (Å²) in [5.41, 5.74) is -1.47. The summed E-state index contributed by atoms with van der Waals surface area (Å²) in [5.74, 6) is -0.924. The standard InChI is InChI=1S/C16H16F4O2/c1-2-3-6-10-13(17)15(19)11(16(20)14(10)18)9-22-12-7-4-5-8-21-12/h12H,4-9H2,1H3. The van der Waals surface area contributed by atoms with Crippen LogP contribution < -0.4 is 0 Å². The van der Waals surface area contributed by atoms with Gasteiger partial charge in [0.2, 0.25) is 0 Å². The van der Waals surface area contributed by atoms with E-state index in [9.17, 15) is 17.6 Å². The van der Waals surface area contributed by atoms with Crippen LogP contribution in [0, 0.1) is 35.1 Å². The molecule has 0 N–H and O–H groups in total. The minimum atomic E-state index is -1.44. The molecule has 0 saturated carbocycles. The highest BCUT2D eigenvalue weighted by molar-refractivity contribution is 5.32. The highest BCUT2D eigenvalue weighted by Crippen LogP contribution is 2.26. The zero-order chi connectivity index (χ0) is 16.1. The SMILES string of the molecule is CC#CCc1c(F)c(F)c(COC2CCCCO2)c(F)c1F. The van der Waals surface area contributed by atoms with Crippen LogP contribution in [0.2, 0.25) is 0 Å². The van der Waals surface area contributed by atoms with E-state index >= 15 is 0 Å². The van der Waals surface area contributed by atoms with Gasteiger partial charge in [-0.3, -0.25) is 0 Å². The molecule has 22 heavy (non-hydrogen) atoms. The Hall–Kier alpha value is -1.58. The van der Waals surface area contributed by atoms with Gasteiger partial charge in [-0.15, -0.1) is 5.92 Å². The molecule has 0 amide bonds. The summed E-state index contributed by atoms with van der Waals surface area (Å²) in [7, 11) is 0. The number of benzene rings is 1. The Labute approximate surface area is 126 Å². The van der Waals surface area contributed by atoms with Crippen LogP contribution in [-0.2, 0) is 22.5 Å². The van der Waals surface area contributed by atoms with Gasteiger partial charge in [-0.1, -0.05) is 5.92 Å². The van der Waals surface area contributed by atoms with E-state index < -0.39 is 53.7 Å². The van der Waals surface area contributed by atoms with Crippen LogP contribution >= 0.6 is 0 Å². The minimum Gasteiger partial charge on any atom is -0.353 e. The third-order valence-electron chi connectivity index (χ3n) is 3.44. The molecule has 1 aliphatic rings. The molecule has 1 aromatic carbocycles. The number of ether oxygens (including phenoxy) is 2. The van der Waals surface area contributed by atoms with Crippen molar-refractivity contribution in [1.82, 2.24) is 0 Å². The van der Waals surface area contributed by atoms with Gasteiger partial charge in [0.25, 0.3) is 0 Å². The van der Waals surface area contributed by atoms with Gasteiger partial charge >= 0.3 is 0 Å². The molecule has 1 saturated heterocycles. The van der Waals surface area contributed by atoms with Crippen molar-refractivity contribution in [2.75, 3.05) is 6.61 Å². The Morgan fingerprint density at radius 1 is 1.05 bits per heavy atom. The predicted octanol–water partition coefficient (Wildman–Crippen LogP) is 3.85. The Morgan fingerprint density at radius 2 is 1.68 bits per heavy atom. The summed E-state index contributed by atoms with van der Waals surface area (Å²) in [6.07, 6.45) is 1.34. The summed E-state index contributed by atoms with van der Waals surface area (Å²) in [6, 6.07) is 0. The molecule has 1 aliphatic heterocycles. The maximum atomic E-state index is 13.9. The fourth-order valence-electron chi connectivity index (χ4n) is 2.20. The van der Waals surface area contributed by atoms with Crippen molar-refractivity contribution < 1.29 is 27.0 Å². The molecule has 0 aliphatic carbocycles. The van der Waals surface area contributed by atoms with Gasteiger partial charge in [-0.2, -0.15) is 0 Å². The van der Waals surface area contributed by atoms with Crippen molar-refractivity contribution in [3.05, 3.63) is 34.4 Å². The monoisotopic (exact) mass is 316 g/mol. The lowest BCUT2D eigenvalue weighted by Gasteiger charge is -2.23. The van der Waals surface area contributed by atoms with Gasteiger partial charge in [0.1, 0.15) is 0 Å². The summed E-state index contributed by atoms with van der Waals surface area (Å²) < 4.78 is 66.0. The third kappa shape index (κ3) is 3.60. The van der Waals surface area contributed by atoms with Gasteiger partial charge in [0, 0.05) is 18.6 Å². The first kappa shape index (κ1) is 16.8. The average Bonchev–Trinajstić information content (AvgIpc) is 2.54. The van der Waals surface area contributed by atoms with E-state index in [0.29, 0.717) is 13.0 Å². The Bertz CT molecular complexity index is 569. The van der Waals surface area contributed by atoms with Crippen LogP contribution in [0.3, 0.4) is 0 Å². The summed E-state index contributed by atoms with van der Waals surface area (Å²) in [4.78, 5) is 0. The molecule has 1 unspecified atom stereocenters. The number of hydrogen-bond donors (Lipinski definition) is 0. The summed E-state index contributed by atoms with van der Waals surface area (Å²) in [5, 5.41) is 0. The normalized spacial score (nSPS) is 18.0. The molecule has 0 aromatic heterocycles. The van der Waals surface area contributed by atoms with Crippen LogP contribution in [-0.4, -0.2) is 12.9 Å². The topological polar surface area (TPSA) is 18.5 Å². The first-order valence-corrected chi connectivity index (χ1v) is 7.02. The van der Waals surface area contributed by atoms with Gasteiger partial charge in [-0.05, 0) is 26.2 Å². The summed E-state index contributed by atoms with van der Waals surface area (Å²) >= 11 is 0. The predicted molar refractivity (Wildman–Crippen MR) is 71.8 cm³/mol. The van der Waals surface area contributed by atoms with Gasteiger partial charge in [-0.25, -0.2) is 17.6 Å². The largest absolute Gasteiger partial charge is 0.353 e. The van der Waals surface area contributed by atoms with E-state index in [0.717, 1.165) is 12.8 Å². The highest BCUT2D eigenvalue weighted by atomic mass is 19.2. The van der Waals surface area contributed by atoms with Crippen LogP contribution in [0.15, 0.2) is 0 Å². The molecule has 2 rings (SSSR count). The molecule has 2 nitrogen and oxygen atoms in total. The molecule has 6 heteroatoms. The molecule has 0 bridgehead atoms. The fraction of sp³-hybridized carbons (Fsp3) is 0.500. The average molecular weight is 316 g/mol. The Balaban J connectivity index is 2.21. The molecule has 1 aromatic rings.